The van der Waals surface area contributed by atoms with Crippen molar-refractivity contribution >= 4 is 18.0 Å². The zero-order valence-corrected chi connectivity index (χ0v) is 15.6. The van der Waals surface area contributed by atoms with Gasteiger partial charge in [-0.05, 0) is 26.0 Å². The third-order valence-corrected chi connectivity index (χ3v) is 3.84. The molecule has 27 heavy (non-hydrogen) atoms. The zero-order chi connectivity index (χ0) is 20.0. The number of ether oxygens (including phenoxy) is 4. The molecule has 1 heterocycles. The van der Waals surface area contributed by atoms with E-state index in [4.69, 9.17) is 18.9 Å². The van der Waals surface area contributed by atoms with Gasteiger partial charge in [-0.2, -0.15) is 0 Å². The van der Waals surface area contributed by atoms with Crippen molar-refractivity contribution in [1.82, 2.24) is 10.6 Å². The average molecular weight is 378 g/mol. The zero-order valence-electron chi connectivity index (χ0n) is 15.6. The molecule has 2 amide bonds. The van der Waals surface area contributed by atoms with E-state index in [-0.39, 0.29) is 35.8 Å². The Bertz CT molecular complexity index is 773. The Kier molecular flexibility index (Phi) is 6.64. The van der Waals surface area contributed by atoms with Crippen molar-refractivity contribution in [2.24, 2.45) is 0 Å². The van der Waals surface area contributed by atoms with E-state index in [1.54, 1.807) is 26.0 Å². The van der Waals surface area contributed by atoms with Crippen molar-refractivity contribution in [3.8, 4) is 11.5 Å². The van der Waals surface area contributed by atoms with Crippen LogP contribution in [0.25, 0.3) is 0 Å². The largest absolute Gasteiger partial charge is 0.497 e. The predicted molar refractivity (Wildman–Crippen MR) is 94.6 cm³/mol. The summed E-state index contributed by atoms with van der Waals surface area (Å²) >= 11 is 0. The molecule has 2 N–H and O–H groups in total. The van der Waals surface area contributed by atoms with Crippen LogP contribution in [0, 0.1) is 0 Å². The van der Waals surface area contributed by atoms with Crippen LogP contribution in [0.4, 0.5) is 4.79 Å². The lowest BCUT2D eigenvalue weighted by Gasteiger charge is -2.26. The van der Waals surface area contributed by atoms with E-state index in [9.17, 15) is 14.4 Å². The van der Waals surface area contributed by atoms with Crippen LogP contribution in [0.15, 0.2) is 29.5 Å². The highest BCUT2D eigenvalue weighted by molar-refractivity contribution is 5.95. The summed E-state index contributed by atoms with van der Waals surface area (Å²) in [6.45, 7) is 3.19. The molecule has 9 heteroatoms. The van der Waals surface area contributed by atoms with Gasteiger partial charge in [0.25, 0.3) is 0 Å². The number of carbonyl (C=O) groups excluding carboxylic acids is 3. The van der Waals surface area contributed by atoms with Crippen molar-refractivity contribution in [3.05, 3.63) is 35.0 Å². The summed E-state index contributed by atoms with van der Waals surface area (Å²) in [5.74, 6) is -0.465. The number of methoxy groups -OCH3 is 2. The summed E-state index contributed by atoms with van der Waals surface area (Å²) in [5, 5.41) is 5.06. The fourth-order valence-electron chi connectivity index (χ4n) is 2.58. The third-order valence-electron chi connectivity index (χ3n) is 3.84. The molecule has 0 radical (unpaired) electrons. The Hall–Kier alpha value is -3.23. The average Bonchev–Trinajstić information content (AvgIpc) is 2.65. The minimum atomic E-state index is -0.675. The van der Waals surface area contributed by atoms with Crippen molar-refractivity contribution in [2.75, 3.05) is 27.4 Å². The number of hydrogen-bond donors (Lipinski definition) is 2. The van der Waals surface area contributed by atoms with Crippen LogP contribution in [-0.2, 0) is 14.3 Å². The Morgan fingerprint density at radius 2 is 1.85 bits per heavy atom. The van der Waals surface area contributed by atoms with Crippen LogP contribution >= 0.6 is 0 Å². The first-order chi connectivity index (χ1) is 12.9. The van der Waals surface area contributed by atoms with Crippen LogP contribution in [0.2, 0.25) is 0 Å². The van der Waals surface area contributed by atoms with E-state index in [0.717, 1.165) is 0 Å². The molecule has 0 bridgehead atoms. The maximum absolute atomic E-state index is 12.4. The molecule has 0 fully saturated rings. The lowest BCUT2D eigenvalue weighted by Crippen LogP contribution is -2.50. The monoisotopic (exact) mass is 378 g/mol. The Balaban J connectivity index is 2.21. The van der Waals surface area contributed by atoms with Gasteiger partial charge in [0.2, 0.25) is 0 Å². The minimum absolute atomic E-state index is 0.172. The topological polar surface area (TPSA) is 112 Å². The van der Waals surface area contributed by atoms with Gasteiger partial charge in [0.05, 0.1) is 38.1 Å². The normalized spacial score (nSPS) is 16.1. The van der Waals surface area contributed by atoms with E-state index in [0.29, 0.717) is 5.75 Å². The lowest BCUT2D eigenvalue weighted by molar-refractivity contribution is -0.139. The SMILES string of the molecule is CCOC(=O)C1=C(COC(=O)c2ccc(OC)cc2OC)NC(=O)N[C@@H]1C. The van der Waals surface area contributed by atoms with Crippen molar-refractivity contribution in [1.29, 1.82) is 0 Å². The molecule has 0 aromatic heterocycles. The Morgan fingerprint density at radius 3 is 2.48 bits per heavy atom. The molecule has 1 aromatic rings. The Morgan fingerprint density at radius 1 is 1.11 bits per heavy atom. The van der Waals surface area contributed by atoms with Crippen molar-refractivity contribution < 1.29 is 33.3 Å². The number of urea groups is 1. The predicted octanol–water partition coefficient (Wildman–Crippen LogP) is 1.38. The summed E-state index contributed by atoms with van der Waals surface area (Å²) in [6, 6.07) is 3.57. The molecule has 1 atom stereocenters. The van der Waals surface area contributed by atoms with Gasteiger partial charge in [-0.1, -0.05) is 0 Å². The number of nitrogens with one attached hydrogen (secondary N) is 2. The van der Waals surface area contributed by atoms with Gasteiger partial charge in [-0.15, -0.1) is 0 Å². The summed E-state index contributed by atoms with van der Waals surface area (Å²) in [4.78, 5) is 36.3. The van der Waals surface area contributed by atoms with Gasteiger partial charge < -0.3 is 29.6 Å². The Labute approximate surface area is 156 Å². The number of benzene rings is 1. The highest BCUT2D eigenvalue weighted by Gasteiger charge is 2.30. The van der Waals surface area contributed by atoms with Crippen LogP contribution in [-0.4, -0.2) is 51.4 Å². The molecule has 0 unspecified atom stereocenters. The van der Waals surface area contributed by atoms with Gasteiger partial charge in [0.15, 0.2) is 0 Å². The highest BCUT2D eigenvalue weighted by Crippen LogP contribution is 2.25. The third kappa shape index (κ3) is 4.69. The van der Waals surface area contributed by atoms with Gasteiger partial charge >= 0.3 is 18.0 Å². The van der Waals surface area contributed by atoms with E-state index in [1.807, 2.05) is 0 Å². The van der Waals surface area contributed by atoms with Crippen molar-refractivity contribution in [3.63, 3.8) is 0 Å². The standard InChI is InChI=1S/C18H22N2O7/c1-5-26-17(22)15-10(2)19-18(23)20-13(15)9-27-16(21)12-7-6-11(24-3)8-14(12)25-4/h6-8,10H,5,9H2,1-4H3,(H2,19,20,23)/t10-/m1/s1. The maximum atomic E-state index is 12.4. The molecule has 0 saturated heterocycles. The van der Waals surface area contributed by atoms with Crippen LogP contribution in [0.3, 0.4) is 0 Å². The fourth-order valence-corrected chi connectivity index (χ4v) is 2.58. The first-order valence-electron chi connectivity index (χ1n) is 8.28. The summed E-state index contributed by atoms with van der Waals surface area (Å²) in [6.07, 6.45) is 0. The second kappa shape index (κ2) is 8.93. The smallest absolute Gasteiger partial charge is 0.342 e. The number of hydrogen-bond acceptors (Lipinski definition) is 7. The van der Waals surface area contributed by atoms with Gasteiger partial charge in [-0.3, -0.25) is 0 Å². The molecule has 1 aliphatic rings. The molecular weight excluding hydrogens is 356 g/mol. The molecule has 2 rings (SSSR count). The quantitative estimate of drug-likeness (QED) is 0.689. The summed E-state index contributed by atoms with van der Waals surface area (Å²) in [5.41, 5.74) is 0.557. The first-order valence-corrected chi connectivity index (χ1v) is 8.28. The van der Waals surface area contributed by atoms with E-state index in [1.165, 1.54) is 20.3 Å². The molecule has 1 aliphatic heterocycles. The molecule has 9 nitrogen and oxygen atoms in total. The molecule has 0 saturated carbocycles. The second-order valence-electron chi connectivity index (χ2n) is 5.58. The van der Waals surface area contributed by atoms with Gasteiger partial charge in [-0.25, -0.2) is 14.4 Å². The molecule has 0 aliphatic carbocycles. The molecule has 0 spiro atoms. The van der Waals surface area contributed by atoms with Crippen molar-refractivity contribution in [2.45, 2.75) is 19.9 Å². The van der Waals surface area contributed by atoms with Gasteiger partial charge in [0.1, 0.15) is 23.7 Å². The fraction of sp³-hybridized carbons (Fsp3) is 0.389. The number of carbonyl (C=O) groups is 3. The van der Waals surface area contributed by atoms with Crippen LogP contribution in [0.1, 0.15) is 24.2 Å². The maximum Gasteiger partial charge on any atom is 0.342 e. The molecular formula is C18H22N2O7. The number of amides is 2. The summed E-state index contributed by atoms with van der Waals surface area (Å²) < 4.78 is 20.5. The van der Waals surface area contributed by atoms with E-state index in [2.05, 4.69) is 10.6 Å². The lowest BCUT2D eigenvalue weighted by atomic mass is 10.0. The number of rotatable bonds is 7. The summed E-state index contributed by atoms with van der Waals surface area (Å²) in [7, 11) is 2.92. The molecule has 146 valence electrons. The first kappa shape index (κ1) is 20.1. The van der Waals surface area contributed by atoms with E-state index < -0.39 is 24.0 Å². The van der Waals surface area contributed by atoms with E-state index >= 15 is 0 Å². The second-order valence-corrected chi connectivity index (χ2v) is 5.58. The van der Waals surface area contributed by atoms with Crippen LogP contribution in [0.5, 0.6) is 11.5 Å². The molecule has 1 aromatic carbocycles. The minimum Gasteiger partial charge on any atom is -0.497 e. The number of esters is 2. The van der Waals surface area contributed by atoms with Gasteiger partial charge in [0, 0.05) is 6.07 Å². The van der Waals surface area contributed by atoms with Crippen LogP contribution < -0.4 is 20.1 Å². The highest BCUT2D eigenvalue weighted by atomic mass is 16.5.